The highest BCUT2D eigenvalue weighted by Crippen LogP contribution is 2.36. The highest BCUT2D eigenvalue weighted by Gasteiger charge is 2.40. The maximum absolute atomic E-state index is 14.2. The Morgan fingerprint density at radius 1 is 1.33 bits per heavy atom. The van der Waals surface area contributed by atoms with E-state index in [4.69, 9.17) is 0 Å². The third-order valence-electron chi connectivity index (χ3n) is 4.33. The molecule has 7 heteroatoms. The molecule has 24 heavy (non-hydrogen) atoms. The summed E-state index contributed by atoms with van der Waals surface area (Å²) in [5, 5.41) is 2.60. The predicted octanol–water partition coefficient (Wildman–Crippen LogP) is 0.940. The monoisotopic (exact) mass is 335 g/mol. The van der Waals surface area contributed by atoms with Crippen LogP contribution in [-0.4, -0.2) is 55.2 Å². The summed E-state index contributed by atoms with van der Waals surface area (Å²) < 4.78 is 14.2. The molecule has 2 atom stereocenters. The molecule has 0 saturated carbocycles. The van der Waals surface area contributed by atoms with Crippen molar-refractivity contribution in [2.45, 2.75) is 18.9 Å². The highest BCUT2D eigenvalue weighted by molar-refractivity contribution is 5.88. The number of rotatable bonds is 4. The van der Waals surface area contributed by atoms with Crippen LogP contribution < -0.4 is 5.32 Å². The fourth-order valence-corrected chi connectivity index (χ4v) is 2.90. The van der Waals surface area contributed by atoms with Crippen LogP contribution in [0.4, 0.5) is 4.39 Å². The molecule has 0 radical (unpaired) electrons. The third-order valence-corrected chi connectivity index (χ3v) is 4.33. The lowest BCUT2D eigenvalue weighted by molar-refractivity contribution is -0.142. The first-order valence-electron chi connectivity index (χ1n) is 7.81. The second-order valence-electron chi connectivity index (χ2n) is 6.12. The molecule has 6 nitrogen and oxygen atoms in total. The molecule has 1 N–H and O–H groups in total. The van der Waals surface area contributed by atoms with Crippen LogP contribution >= 0.6 is 0 Å². The number of amides is 3. The quantitative estimate of drug-likeness (QED) is 0.890. The molecule has 0 aliphatic carbocycles. The van der Waals surface area contributed by atoms with Crippen molar-refractivity contribution >= 4 is 17.7 Å². The van der Waals surface area contributed by atoms with Crippen molar-refractivity contribution < 1.29 is 18.8 Å². The smallest absolute Gasteiger partial charge is 0.241 e. The van der Waals surface area contributed by atoms with Crippen molar-refractivity contribution in [2.24, 2.45) is 5.92 Å². The van der Waals surface area contributed by atoms with E-state index in [9.17, 15) is 18.8 Å². The van der Waals surface area contributed by atoms with E-state index >= 15 is 0 Å². The van der Waals surface area contributed by atoms with Gasteiger partial charge in [0, 0.05) is 33.1 Å². The van der Waals surface area contributed by atoms with Gasteiger partial charge in [-0.15, -0.1) is 0 Å². The van der Waals surface area contributed by atoms with Crippen molar-refractivity contribution in [1.29, 1.82) is 0 Å². The largest absolute Gasteiger partial charge is 0.347 e. The standard InChI is InChI=1S/C17H22FN3O3/c1-20(2)15(23)10-19-17(24)12-8-9-14(22)21(3)16(12)11-6-4-5-7-13(11)18/h4-7,12,16H,8-10H2,1-3H3,(H,19,24)/t12-,16+/m0/s1. The molecule has 0 spiro atoms. The van der Waals surface area contributed by atoms with Crippen LogP contribution in [0.3, 0.4) is 0 Å². The molecule has 2 rings (SSSR count). The summed E-state index contributed by atoms with van der Waals surface area (Å²) in [6.45, 7) is -0.121. The molecule has 1 aromatic carbocycles. The number of halogens is 1. The Hall–Kier alpha value is -2.44. The van der Waals surface area contributed by atoms with Crippen molar-refractivity contribution in [3.05, 3.63) is 35.6 Å². The molecule has 1 heterocycles. The van der Waals surface area contributed by atoms with Crippen LogP contribution in [0.25, 0.3) is 0 Å². The van der Waals surface area contributed by atoms with Gasteiger partial charge in [0.1, 0.15) is 5.82 Å². The van der Waals surface area contributed by atoms with Gasteiger partial charge in [-0.2, -0.15) is 0 Å². The Labute approximate surface area is 140 Å². The predicted molar refractivity (Wildman–Crippen MR) is 86.3 cm³/mol. The second kappa shape index (κ2) is 7.42. The normalized spacial score (nSPS) is 20.7. The number of piperidine rings is 1. The Morgan fingerprint density at radius 2 is 2.00 bits per heavy atom. The van der Waals surface area contributed by atoms with Crippen molar-refractivity contribution in [3.8, 4) is 0 Å². The number of likely N-dealkylation sites (N-methyl/N-ethyl adjacent to an activating group) is 1. The van der Waals surface area contributed by atoms with Crippen LogP contribution in [0.5, 0.6) is 0 Å². The molecule has 1 fully saturated rings. The van der Waals surface area contributed by atoms with Crippen LogP contribution in [0, 0.1) is 11.7 Å². The van der Waals surface area contributed by atoms with Gasteiger partial charge in [0.15, 0.2) is 0 Å². The lowest BCUT2D eigenvalue weighted by Gasteiger charge is -2.38. The van der Waals surface area contributed by atoms with Crippen LogP contribution in [0.1, 0.15) is 24.4 Å². The van der Waals surface area contributed by atoms with Gasteiger partial charge in [0.05, 0.1) is 18.5 Å². The molecule has 1 aliphatic rings. The highest BCUT2D eigenvalue weighted by atomic mass is 19.1. The molecule has 1 saturated heterocycles. The first kappa shape index (κ1) is 17.9. The number of likely N-dealkylation sites (tertiary alicyclic amines) is 1. The summed E-state index contributed by atoms with van der Waals surface area (Å²) in [4.78, 5) is 39.0. The summed E-state index contributed by atoms with van der Waals surface area (Å²) >= 11 is 0. The van der Waals surface area contributed by atoms with Crippen molar-refractivity contribution in [2.75, 3.05) is 27.7 Å². The number of nitrogens with one attached hydrogen (secondary N) is 1. The minimum absolute atomic E-state index is 0.121. The van der Waals surface area contributed by atoms with Gasteiger partial charge in [-0.3, -0.25) is 14.4 Å². The summed E-state index contributed by atoms with van der Waals surface area (Å²) in [6.07, 6.45) is 0.547. The Kier molecular flexibility index (Phi) is 5.54. The van der Waals surface area contributed by atoms with E-state index in [0.29, 0.717) is 12.0 Å². The number of nitrogens with zero attached hydrogens (tertiary/aromatic N) is 2. The maximum atomic E-state index is 14.2. The fourth-order valence-electron chi connectivity index (χ4n) is 2.90. The molecule has 3 amide bonds. The zero-order chi connectivity index (χ0) is 17.9. The number of hydrogen-bond donors (Lipinski definition) is 1. The molecule has 1 aromatic rings. The van der Waals surface area contributed by atoms with E-state index in [1.807, 2.05) is 0 Å². The van der Waals surface area contributed by atoms with Gasteiger partial charge in [0.2, 0.25) is 17.7 Å². The summed E-state index contributed by atoms with van der Waals surface area (Å²) in [5.41, 5.74) is 0.312. The number of carbonyl (C=O) groups is 3. The minimum atomic E-state index is -0.679. The fraction of sp³-hybridized carbons (Fsp3) is 0.471. The van der Waals surface area contributed by atoms with Gasteiger partial charge >= 0.3 is 0 Å². The summed E-state index contributed by atoms with van der Waals surface area (Å²) in [7, 11) is 4.78. The molecule has 1 aliphatic heterocycles. The van der Waals surface area contributed by atoms with Gasteiger partial charge < -0.3 is 15.1 Å². The van der Waals surface area contributed by atoms with Gasteiger partial charge in [0.25, 0.3) is 0 Å². The lowest BCUT2D eigenvalue weighted by atomic mass is 9.83. The molecule has 0 bridgehead atoms. The molecule has 130 valence electrons. The second-order valence-corrected chi connectivity index (χ2v) is 6.12. The first-order valence-corrected chi connectivity index (χ1v) is 7.81. The summed E-state index contributed by atoms with van der Waals surface area (Å²) in [5.74, 6) is -1.76. The zero-order valence-electron chi connectivity index (χ0n) is 14.1. The molecular formula is C17H22FN3O3. The molecular weight excluding hydrogens is 313 g/mol. The Bertz CT molecular complexity index is 648. The lowest BCUT2D eigenvalue weighted by Crippen LogP contribution is -2.48. The zero-order valence-corrected chi connectivity index (χ0v) is 14.1. The van der Waals surface area contributed by atoms with Crippen LogP contribution in [-0.2, 0) is 14.4 Å². The van der Waals surface area contributed by atoms with Crippen LogP contribution in [0.2, 0.25) is 0 Å². The van der Waals surface area contributed by atoms with E-state index < -0.39 is 17.8 Å². The minimum Gasteiger partial charge on any atom is -0.347 e. The van der Waals surface area contributed by atoms with Gasteiger partial charge in [-0.05, 0) is 12.5 Å². The average molecular weight is 335 g/mol. The van der Waals surface area contributed by atoms with Gasteiger partial charge in [-0.25, -0.2) is 4.39 Å². The van der Waals surface area contributed by atoms with E-state index in [0.717, 1.165) is 0 Å². The number of carbonyl (C=O) groups excluding carboxylic acids is 3. The Morgan fingerprint density at radius 3 is 2.62 bits per heavy atom. The average Bonchev–Trinajstić information content (AvgIpc) is 2.55. The summed E-state index contributed by atoms with van der Waals surface area (Å²) in [6, 6.07) is 5.46. The molecule has 0 unspecified atom stereocenters. The maximum Gasteiger partial charge on any atom is 0.241 e. The first-order chi connectivity index (χ1) is 11.3. The van der Waals surface area contributed by atoms with Crippen LogP contribution in [0.15, 0.2) is 24.3 Å². The van der Waals surface area contributed by atoms with Crippen molar-refractivity contribution in [1.82, 2.24) is 15.1 Å². The molecule has 0 aromatic heterocycles. The topological polar surface area (TPSA) is 69.7 Å². The third kappa shape index (κ3) is 3.72. The van der Waals surface area contributed by atoms with Gasteiger partial charge in [-0.1, -0.05) is 18.2 Å². The van der Waals surface area contributed by atoms with Crippen molar-refractivity contribution in [3.63, 3.8) is 0 Å². The van der Waals surface area contributed by atoms with E-state index in [1.165, 1.54) is 15.9 Å². The Balaban J connectivity index is 2.22. The SMILES string of the molecule is CN(C)C(=O)CNC(=O)[C@H]1CCC(=O)N(C)[C@@H]1c1ccccc1F. The van der Waals surface area contributed by atoms with E-state index in [2.05, 4.69) is 5.32 Å². The van der Waals surface area contributed by atoms with E-state index in [1.54, 1.807) is 39.3 Å². The number of benzene rings is 1. The number of hydrogen-bond acceptors (Lipinski definition) is 3. The van der Waals surface area contributed by atoms with E-state index in [-0.39, 0.29) is 30.7 Å².